The summed E-state index contributed by atoms with van der Waals surface area (Å²) in [6.45, 7) is 2.07. The summed E-state index contributed by atoms with van der Waals surface area (Å²) in [4.78, 5) is 2.03. The topological polar surface area (TPSA) is 48.2 Å². The predicted molar refractivity (Wildman–Crippen MR) is 54.2 cm³/mol. The molecule has 0 fully saturated rings. The molecule has 0 aromatic heterocycles. The fourth-order valence-corrected chi connectivity index (χ4v) is 1.61. The Morgan fingerprint density at radius 3 is 2.31 bits per heavy atom. The summed E-state index contributed by atoms with van der Waals surface area (Å²) in [7, 11) is 3.95. The summed E-state index contributed by atoms with van der Waals surface area (Å²) >= 11 is 0. The van der Waals surface area contributed by atoms with Gasteiger partial charge in [0.25, 0.3) is 0 Å². The summed E-state index contributed by atoms with van der Waals surface area (Å²) in [6, 6.07) is 0.168. The first-order valence-corrected chi connectivity index (χ1v) is 4.58. The van der Waals surface area contributed by atoms with E-state index in [4.69, 9.17) is 0 Å². The smallest absolute Gasteiger partial charge is 0.0823 e. The molecule has 1 rings (SSSR count). The second kappa shape index (κ2) is 4.48. The van der Waals surface area contributed by atoms with Gasteiger partial charge in [-0.25, -0.2) is 0 Å². The average molecular weight is 183 g/mol. The molecule has 13 heavy (non-hydrogen) atoms. The quantitative estimate of drug-likeness (QED) is 0.684. The van der Waals surface area contributed by atoms with E-state index in [1.54, 1.807) is 12.4 Å². The van der Waals surface area contributed by atoms with Crippen molar-refractivity contribution in [1.82, 2.24) is 4.90 Å². The van der Waals surface area contributed by atoms with E-state index in [0.29, 0.717) is 0 Å². The molecule has 0 aromatic rings. The van der Waals surface area contributed by atoms with Crippen molar-refractivity contribution >= 4 is 12.4 Å². The molecule has 0 saturated heterocycles. The first-order chi connectivity index (χ1) is 6.16. The van der Waals surface area contributed by atoms with Crippen LogP contribution in [0.2, 0.25) is 0 Å². The minimum Gasteiger partial charge on any atom is -0.390 e. The van der Waals surface area contributed by atoms with Crippen LogP contribution in [-0.2, 0) is 0 Å². The first-order valence-electron chi connectivity index (χ1n) is 4.58. The highest BCUT2D eigenvalue weighted by Crippen LogP contribution is 2.13. The Kier molecular flexibility index (Phi) is 3.57. The standard InChI is InChI=1S/C9H17N3O/c1-4-8(12(2)3)9(13)7-5-10-11-6-7/h5-9,13H,4H2,1-3H3/t8-,9+/m0/s1. The number of nitrogens with zero attached hydrogens (tertiary/aromatic N) is 3. The molecule has 0 amide bonds. The van der Waals surface area contributed by atoms with Gasteiger partial charge in [-0.3, -0.25) is 0 Å². The maximum atomic E-state index is 9.95. The lowest BCUT2D eigenvalue weighted by atomic mass is 9.96. The monoisotopic (exact) mass is 183 g/mol. The van der Waals surface area contributed by atoms with E-state index in [0.717, 1.165) is 6.42 Å². The van der Waals surface area contributed by atoms with Crippen LogP contribution in [0.1, 0.15) is 13.3 Å². The van der Waals surface area contributed by atoms with Gasteiger partial charge in [0, 0.05) is 18.5 Å². The molecule has 0 unspecified atom stereocenters. The summed E-state index contributed by atoms with van der Waals surface area (Å²) in [5.41, 5.74) is 0. The van der Waals surface area contributed by atoms with E-state index in [2.05, 4.69) is 17.1 Å². The van der Waals surface area contributed by atoms with Crippen molar-refractivity contribution in [2.75, 3.05) is 14.1 Å². The van der Waals surface area contributed by atoms with Gasteiger partial charge in [-0.05, 0) is 20.5 Å². The van der Waals surface area contributed by atoms with E-state index < -0.39 is 6.10 Å². The van der Waals surface area contributed by atoms with Crippen molar-refractivity contribution in [3.63, 3.8) is 0 Å². The third-order valence-corrected chi connectivity index (χ3v) is 2.41. The van der Waals surface area contributed by atoms with Crippen molar-refractivity contribution in [3.05, 3.63) is 0 Å². The largest absolute Gasteiger partial charge is 0.390 e. The average Bonchev–Trinajstić information content (AvgIpc) is 2.56. The Morgan fingerprint density at radius 1 is 1.38 bits per heavy atom. The van der Waals surface area contributed by atoms with Gasteiger partial charge in [-0.2, -0.15) is 10.2 Å². The Labute approximate surface area is 79.0 Å². The summed E-state index contributed by atoms with van der Waals surface area (Å²) in [5, 5.41) is 17.4. The van der Waals surface area contributed by atoms with Crippen LogP contribution < -0.4 is 0 Å². The van der Waals surface area contributed by atoms with Crippen molar-refractivity contribution in [1.29, 1.82) is 0 Å². The SMILES string of the molecule is CC[C@@H]([C@H](O)C1C=NN=C1)N(C)C. The zero-order valence-electron chi connectivity index (χ0n) is 8.38. The van der Waals surface area contributed by atoms with Gasteiger partial charge in [-0.15, -0.1) is 0 Å². The Morgan fingerprint density at radius 2 is 1.92 bits per heavy atom. The minimum atomic E-state index is -0.407. The number of likely N-dealkylation sites (N-methyl/N-ethyl adjacent to an activating group) is 1. The van der Waals surface area contributed by atoms with Crippen molar-refractivity contribution < 1.29 is 5.11 Å². The fraction of sp³-hybridized carbons (Fsp3) is 0.778. The zero-order chi connectivity index (χ0) is 9.84. The second-order valence-electron chi connectivity index (χ2n) is 3.54. The van der Waals surface area contributed by atoms with Gasteiger partial charge in [0.15, 0.2) is 0 Å². The lowest BCUT2D eigenvalue weighted by Gasteiger charge is -2.29. The second-order valence-corrected chi connectivity index (χ2v) is 3.54. The number of rotatable bonds is 4. The van der Waals surface area contributed by atoms with Crippen molar-refractivity contribution in [3.8, 4) is 0 Å². The van der Waals surface area contributed by atoms with Crippen molar-refractivity contribution in [2.45, 2.75) is 25.5 Å². The molecule has 2 atom stereocenters. The summed E-state index contributed by atoms with van der Waals surface area (Å²) in [5.74, 6) is -0.0210. The van der Waals surface area contributed by atoms with Crippen LogP contribution in [0.3, 0.4) is 0 Å². The Balaban J connectivity index is 2.58. The third-order valence-electron chi connectivity index (χ3n) is 2.41. The molecule has 0 spiro atoms. The first kappa shape index (κ1) is 10.3. The Bertz CT molecular complexity index is 201. The molecule has 4 nitrogen and oxygen atoms in total. The molecule has 0 bridgehead atoms. The van der Waals surface area contributed by atoms with Crippen LogP contribution in [-0.4, -0.2) is 48.7 Å². The normalized spacial score (nSPS) is 21.3. The van der Waals surface area contributed by atoms with E-state index in [-0.39, 0.29) is 12.0 Å². The van der Waals surface area contributed by atoms with E-state index >= 15 is 0 Å². The van der Waals surface area contributed by atoms with Crippen LogP contribution in [0.4, 0.5) is 0 Å². The van der Waals surface area contributed by atoms with Crippen LogP contribution >= 0.6 is 0 Å². The highest BCUT2D eigenvalue weighted by atomic mass is 16.3. The predicted octanol–water partition coefficient (Wildman–Crippen LogP) is 0.374. The summed E-state index contributed by atoms with van der Waals surface area (Å²) < 4.78 is 0. The summed E-state index contributed by atoms with van der Waals surface area (Å²) in [6.07, 6.45) is 3.90. The van der Waals surface area contributed by atoms with E-state index in [1.165, 1.54) is 0 Å². The molecule has 0 saturated carbocycles. The number of aliphatic hydroxyl groups excluding tert-OH is 1. The van der Waals surface area contributed by atoms with E-state index in [1.807, 2.05) is 19.0 Å². The lowest BCUT2D eigenvalue weighted by Crippen LogP contribution is -2.43. The lowest BCUT2D eigenvalue weighted by molar-refractivity contribution is 0.0668. The van der Waals surface area contributed by atoms with Crippen LogP contribution in [0, 0.1) is 5.92 Å². The van der Waals surface area contributed by atoms with E-state index in [9.17, 15) is 5.11 Å². The molecular weight excluding hydrogens is 166 g/mol. The van der Waals surface area contributed by atoms with Gasteiger partial charge >= 0.3 is 0 Å². The Hall–Kier alpha value is -0.740. The van der Waals surface area contributed by atoms with Crippen molar-refractivity contribution in [2.24, 2.45) is 16.1 Å². The highest BCUT2D eigenvalue weighted by molar-refractivity contribution is 5.87. The maximum Gasteiger partial charge on any atom is 0.0823 e. The van der Waals surface area contributed by atoms with Gasteiger partial charge in [0.05, 0.1) is 12.0 Å². The molecule has 1 aliphatic rings. The molecular formula is C9H17N3O. The van der Waals surface area contributed by atoms with Gasteiger partial charge in [-0.1, -0.05) is 6.92 Å². The van der Waals surface area contributed by atoms with Crippen LogP contribution in [0.15, 0.2) is 10.2 Å². The fourth-order valence-electron chi connectivity index (χ4n) is 1.61. The molecule has 0 aromatic carbocycles. The number of aliphatic hydroxyl groups is 1. The molecule has 1 aliphatic heterocycles. The highest BCUT2D eigenvalue weighted by Gasteiger charge is 2.27. The molecule has 1 N–H and O–H groups in total. The molecule has 4 heteroatoms. The van der Waals surface area contributed by atoms with Crippen LogP contribution in [0.5, 0.6) is 0 Å². The number of hydrogen-bond donors (Lipinski definition) is 1. The maximum absolute atomic E-state index is 9.95. The molecule has 0 aliphatic carbocycles. The van der Waals surface area contributed by atoms with Gasteiger partial charge < -0.3 is 10.0 Å². The molecule has 0 radical (unpaired) electrons. The zero-order valence-corrected chi connectivity index (χ0v) is 8.38. The van der Waals surface area contributed by atoms with Gasteiger partial charge in [0.2, 0.25) is 0 Å². The van der Waals surface area contributed by atoms with Gasteiger partial charge in [0.1, 0.15) is 0 Å². The molecule has 1 heterocycles. The minimum absolute atomic E-state index is 0.0210. The van der Waals surface area contributed by atoms with Crippen LogP contribution in [0.25, 0.3) is 0 Å². The molecule has 74 valence electrons. The third kappa shape index (κ3) is 2.35. The number of hydrogen-bond acceptors (Lipinski definition) is 4.